The Morgan fingerprint density at radius 1 is 0.253 bits per heavy atom. The Morgan fingerprint density at radius 3 is 0.747 bits per heavy atom. The highest BCUT2D eigenvalue weighted by atomic mass is 16.6. The van der Waals surface area contributed by atoms with Crippen LogP contribution >= 0.6 is 0 Å². The molecule has 0 aromatic carbocycles. The maximum absolute atomic E-state index is 13.0. The van der Waals surface area contributed by atoms with Gasteiger partial charge in [-0.25, -0.2) is 0 Å². The van der Waals surface area contributed by atoms with E-state index in [0.717, 1.165) is 135 Å². The molecule has 0 spiro atoms. The average molecular weight is 1150 g/mol. The van der Waals surface area contributed by atoms with Crippen LogP contribution in [0, 0.1) is 0 Å². The molecule has 83 heavy (non-hydrogen) atoms. The van der Waals surface area contributed by atoms with Crippen LogP contribution in [0.2, 0.25) is 0 Å². The molecule has 0 amide bonds. The number of allylic oxidation sites excluding steroid dienone is 22. The van der Waals surface area contributed by atoms with Crippen LogP contribution in [0.4, 0.5) is 0 Å². The van der Waals surface area contributed by atoms with Crippen LogP contribution in [0.15, 0.2) is 134 Å². The summed E-state index contributed by atoms with van der Waals surface area (Å²) in [5.41, 5.74) is 0. The number of rotatable bonds is 62. The molecule has 0 aromatic heterocycles. The summed E-state index contributed by atoms with van der Waals surface area (Å²) >= 11 is 0. The molecule has 0 bridgehead atoms. The normalized spacial score (nSPS) is 13.0. The van der Waals surface area contributed by atoms with Crippen LogP contribution in [0.3, 0.4) is 0 Å². The van der Waals surface area contributed by atoms with Gasteiger partial charge in [0.2, 0.25) is 0 Å². The van der Waals surface area contributed by atoms with E-state index >= 15 is 0 Å². The minimum atomic E-state index is -0.797. The molecule has 0 aliphatic carbocycles. The first-order chi connectivity index (χ1) is 41.0. The highest BCUT2D eigenvalue weighted by Crippen LogP contribution is 2.16. The number of carbonyl (C=O) groups is 3. The minimum absolute atomic E-state index is 0.0912. The van der Waals surface area contributed by atoms with Crippen molar-refractivity contribution >= 4 is 17.9 Å². The molecular weight excluding hydrogens is 1020 g/mol. The molecule has 0 saturated heterocycles. The van der Waals surface area contributed by atoms with Gasteiger partial charge in [-0.15, -0.1) is 0 Å². The van der Waals surface area contributed by atoms with Gasteiger partial charge < -0.3 is 14.2 Å². The van der Waals surface area contributed by atoms with E-state index in [0.29, 0.717) is 19.3 Å². The molecule has 1 atom stereocenters. The fraction of sp³-hybridized carbons (Fsp3) is 0.675. The molecular formula is C77H128O6. The van der Waals surface area contributed by atoms with E-state index in [2.05, 4.69) is 154 Å². The van der Waals surface area contributed by atoms with E-state index in [1.54, 1.807) is 0 Å². The van der Waals surface area contributed by atoms with E-state index in [4.69, 9.17) is 14.2 Å². The summed E-state index contributed by atoms with van der Waals surface area (Å²) in [6, 6.07) is 0. The first kappa shape index (κ1) is 78.5. The lowest BCUT2D eigenvalue weighted by atomic mass is 10.0. The Hall–Kier alpha value is -4.45. The molecule has 6 heteroatoms. The number of unbranched alkanes of at least 4 members (excludes halogenated alkanes) is 29. The largest absolute Gasteiger partial charge is 0.462 e. The van der Waals surface area contributed by atoms with Gasteiger partial charge in [0.05, 0.1) is 0 Å². The first-order valence-electron chi connectivity index (χ1n) is 34.7. The predicted octanol–water partition coefficient (Wildman–Crippen LogP) is 24.1. The summed E-state index contributed by atoms with van der Waals surface area (Å²) in [6.07, 6.45) is 98.9. The average Bonchev–Trinajstić information content (AvgIpc) is 3.49. The Labute approximate surface area is 513 Å². The summed E-state index contributed by atoms with van der Waals surface area (Å²) in [7, 11) is 0. The van der Waals surface area contributed by atoms with Crippen LogP contribution in [-0.4, -0.2) is 37.2 Å². The van der Waals surface area contributed by atoms with Crippen molar-refractivity contribution in [1.82, 2.24) is 0 Å². The maximum Gasteiger partial charge on any atom is 0.306 e. The summed E-state index contributed by atoms with van der Waals surface area (Å²) < 4.78 is 17.0. The maximum atomic E-state index is 13.0. The monoisotopic (exact) mass is 1150 g/mol. The standard InChI is InChI=1S/C77H128O6/c1-4-7-10-13-16-19-22-25-28-31-33-34-35-36-37-38-39-40-41-42-44-46-49-52-55-58-61-64-67-70-76(79)82-73-74(72-81-75(78)69-66-63-60-57-54-51-48-45-30-27-24-21-18-15-12-9-6-3)83-77(80)71-68-65-62-59-56-53-50-47-43-32-29-26-23-20-17-14-11-8-5-2/h7,9-10,12,16,18-19,21,25-30,33-34,36-37,39-40,48,51,74H,4-6,8,11,13-15,17,20,22-24,31-32,35,38,41-47,49-50,52-73H2,1-3H3/b10-7-,12-9-,19-16-,21-18-,28-25-,29-26-,30-27-,34-33-,37-36-,40-39-,51-48-. The zero-order chi connectivity index (χ0) is 59.9. The van der Waals surface area contributed by atoms with Crippen molar-refractivity contribution in [2.75, 3.05) is 13.2 Å². The highest BCUT2D eigenvalue weighted by molar-refractivity contribution is 5.71. The fourth-order valence-corrected chi connectivity index (χ4v) is 9.49. The number of esters is 3. The number of carbonyl (C=O) groups excluding carboxylic acids is 3. The van der Waals surface area contributed by atoms with Crippen molar-refractivity contribution in [3.8, 4) is 0 Å². The first-order valence-corrected chi connectivity index (χ1v) is 34.7. The summed E-state index contributed by atoms with van der Waals surface area (Å²) in [6.45, 7) is 6.41. The highest BCUT2D eigenvalue weighted by Gasteiger charge is 2.19. The van der Waals surface area contributed by atoms with E-state index in [1.807, 2.05) is 0 Å². The number of hydrogen-bond donors (Lipinski definition) is 0. The van der Waals surface area contributed by atoms with Gasteiger partial charge in [0.15, 0.2) is 6.10 Å². The molecule has 0 fully saturated rings. The molecule has 0 radical (unpaired) electrons. The van der Waals surface area contributed by atoms with Crippen molar-refractivity contribution in [1.29, 1.82) is 0 Å². The zero-order valence-corrected chi connectivity index (χ0v) is 54.2. The lowest BCUT2D eigenvalue weighted by Gasteiger charge is -2.18. The van der Waals surface area contributed by atoms with Gasteiger partial charge in [-0.05, 0) is 135 Å². The van der Waals surface area contributed by atoms with E-state index in [1.165, 1.54) is 141 Å². The summed E-state index contributed by atoms with van der Waals surface area (Å²) in [4.78, 5) is 38.5. The topological polar surface area (TPSA) is 78.9 Å². The Morgan fingerprint density at radius 2 is 0.470 bits per heavy atom. The number of hydrogen-bond acceptors (Lipinski definition) is 6. The Kier molecular flexibility index (Phi) is 66.3. The van der Waals surface area contributed by atoms with Crippen molar-refractivity contribution in [3.63, 3.8) is 0 Å². The van der Waals surface area contributed by atoms with Gasteiger partial charge in [-0.3, -0.25) is 14.4 Å². The molecule has 0 N–H and O–H groups in total. The molecule has 0 rings (SSSR count). The second kappa shape index (κ2) is 70.0. The lowest BCUT2D eigenvalue weighted by Crippen LogP contribution is -2.30. The van der Waals surface area contributed by atoms with Gasteiger partial charge in [0.1, 0.15) is 13.2 Å². The minimum Gasteiger partial charge on any atom is -0.462 e. The summed E-state index contributed by atoms with van der Waals surface area (Å²) in [5.74, 6) is -0.914. The molecule has 6 nitrogen and oxygen atoms in total. The van der Waals surface area contributed by atoms with E-state index in [9.17, 15) is 14.4 Å². The molecule has 472 valence electrons. The number of ether oxygens (including phenoxy) is 3. The van der Waals surface area contributed by atoms with Crippen LogP contribution in [0.5, 0.6) is 0 Å². The second-order valence-electron chi connectivity index (χ2n) is 22.7. The SMILES string of the molecule is CC/C=C\C/C=C\C/C=C\C/C=C\C/C=C\C/C=C\CCCCCCCCCCCCC(=O)OCC(COC(=O)CCCCCC/C=C\C/C=C\C/C=C\C/C=C\CC)OC(=O)CCCCCCCCCCC/C=C\CCCCCCCC. The molecule has 0 heterocycles. The molecule has 0 saturated carbocycles. The van der Waals surface area contributed by atoms with E-state index in [-0.39, 0.29) is 31.1 Å². The predicted molar refractivity (Wildman–Crippen MR) is 362 cm³/mol. The quantitative estimate of drug-likeness (QED) is 0.0261. The smallest absolute Gasteiger partial charge is 0.306 e. The molecule has 0 aliphatic heterocycles. The third kappa shape index (κ3) is 68.2. The van der Waals surface area contributed by atoms with Crippen molar-refractivity contribution in [2.24, 2.45) is 0 Å². The Balaban J connectivity index is 4.38. The van der Waals surface area contributed by atoms with Crippen LogP contribution in [0.1, 0.15) is 316 Å². The molecule has 0 aliphatic rings. The van der Waals surface area contributed by atoms with Gasteiger partial charge in [-0.1, -0.05) is 296 Å². The van der Waals surface area contributed by atoms with E-state index < -0.39 is 6.10 Å². The third-order valence-corrected chi connectivity index (χ3v) is 14.6. The van der Waals surface area contributed by atoms with Crippen molar-refractivity contribution in [2.45, 2.75) is 322 Å². The van der Waals surface area contributed by atoms with Crippen molar-refractivity contribution in [3.05, 3.63) is 134 Å². The van der Waals surface area contributed by atoms with Gasteiger partial charge in [0, 0.05) is 19.3 Å². The van der Waals surface area contributed by atoms with Crippen LogP contribution in [0.25, 0.3) is 0 Å². The Bertz CT molecular complexity index is 1750. The third-order valence-electron chi connectivity index (χ3n) is 14.6. The van der Waals surface area contributed by atoms with Crippen LogP contribution < -0.4 is 0 Å². The van der Waals surface area contributed by atoms with Crippen LogP contribution in [-0.2, 0) is 28.6 Å². The summed E-state index contributed by atoms with van der Waals surface area (Å²) in [5, 5.41) is 0. The van der Waals surface area contributed by atoms with Gasteiger partial charge in [0.25, 0.3) is 0 Å². The second-order valence-corrected chi connectivity index (χ2v) is 22.7. The molecule has 1 unspecified atom stereocenters. The van der Waals surface area contributed by atoms with Gasteiger partial charge >= 0.3 is 17.9 Å². The van der Waals surface area contributed by atoms with Crippen molar-refractivity contribution < 1.29 is 28.6 Å². The van der Waals surface area contributed by atoms with Gasteiger partial charge in [-0.2, -0.15) is 0 Å². The molecule has 0 aromatic rings. The zero-order valence-electron chi connectivity index (χ0n) is 54.2. The fourth-order valence-electron chi connectivity index (χ4n) is 9.49. The lowest BCUT2D eigenvalue weighted by molar-refractivity contribution is -0.167.